The number of nitrogens with one attached hydrogen (secondary N) is 3. The Morgan fingerprint density at radius 3 is 2.63 bits per heavy atom. The molecule has 2 aromatic rings. The molecule has 0 radical (unpaired) electrons. The summed E-state index contributed by atoms with van der Waals surface area (Å²) in [7, 11) is -1.78. The standard InChI is InChI=1S/C20H28N4O3S2.HI/c1-14-9-10-18(28-14)29(25,26)23-12-11-22-19(21-4)24-16-13-20(2,3)27-17-8-6-5-7-15(16)17;/h5-10,16,23H,11-13H2,1-4H3,(H2,21,22,24);1H. The van der Waals surface area contributed by atoms with Gasteiger partial charge in [-0.3, -0.25) is 4.99 Å². The highest BCUT2D eigenvalue weighted by Gasteiger charge is 2.33. The largest absolute Gasteiger partial charge is 0.487 e. The van der Waals surface area contributed by atoms with Crippen LogP contribution >= 0.6 is 35.3 Å². The predicted molar refractivity (Wildman–Crippen MR) is 133 cm³/mol. The molecule has 0 aliphatic carbocycles. The molecule has 1 atom stereocenters. The molecule has 0 amide bonds. The molecule has 30 heavy (non-hydrogen) atoms. The molecule has 7 nitrogen and oxygen atoms in total. The van der Waals surface area contributed by atoms with Crippen molar-refractivity contribution < 1.29 is 13.2 Å². The number of halogens is 1. The number of hydrogen-bond acceptors (Lipinski definition) is 5. The topological polar surface area (TPSA) is 91.8 Å². The van der Waals surface area contributed by atoms with Gasteiger partial charge in [0.05, 0.1) is 6.04 Å². The lowest BCUT2D eigenvalue weighted by Crippen LogP contribution is -2.46. The molecule has 1 aliphatic rings. The number of nitrogens with zero attached hydrogens (tertiary/aromatic N) is 1. The molecular formula is C20H29IN4O3S2. The second-order valence-electron chi connectivity index (χ2n) is 7.56. The molecule has 0 fully saturated rings. The Balaban J connectivity index is 0.00000320. The number of benzene rings is 1. The number of aryl methyl sites for hydroxylation is 1. The van der Waals surface area contributed by atoms with E-state index < -0.39 is 10.0 Å². The minimum Gasteiger partial charge on any atom is -0.487 e. The van der Waals surface area contributed by atoms with Crippen LogP contribution in [0.1, 0.15) is 36.8 Å². The zero-order valence-corrected chi connectivity index (χ0v) is 21.5. The second kappa shape index (κ2) is 10.3. The van der Waals surface area contributed by atoms with Crippen LogP contribution in [0.2, 0.25) is 0 Å². The molecule has 2 heterocycles. The fraction of sp³-hybridized carbons (Fsp3) is 0.450. The van der Waals surface area contributed by atoms with Gasteiger partial charge < -0.3 is 15.4 Å². The first-order valence-corrected chi connectivity index (χ1v) is 11.8. The van der Waals surface area contributed by atoms with Gasteiger partial charge in [-0.2, -0.15) is 0 Å². The van der Waals surface area contributed by atoms with E-state index in [1.54, 1.807) is 19.2 Å². The van der Waals surface area contributed by atoms with Crippen LogP contribution in [0.4, 0.5) is 0 Å². The Morgan fingerprint density at radius 2 is 1.97 bits per heavy atom. The van der Waals surface area contributed by atoms with Crippen LogP contribution in [0.25, 0.3) is 0 Å². The van der Waals surface area contributed by atoms with Crippen molar-refractivity contribution in [1.82, 2.24) is 15.4 Å². The molecule has 0 saturated carbocycles. The number of thiophene rings is 1. The van der Waals surface area contributed by atoms with E-state index in [0.717, 1.165) is 22.6 Å². The lowest BCUT2D eigenvalue weighted by molar-refractivity contribution is 0.0694. The maximum Gasteiger partial charge on any atom is 0.250 e. The fourth-order valence-electron chi connectivity index (χ4n) is 3.28. The highest BCUT2D eigenvalue weighted by atomic mass is 127. The molecule has 1 aromatic heterocycles. The summed E-state index contributed by atoms with van der Waals surface area (Å²) < 4.78 is 33.6. The van der Waals surface area contributed by atoms with Gasteiger partial charge in [-0.1, -0.05) is 18.2 Å². The Labute approximate surface area is 199 Å². The number of para-hydroxylation sites is 1. The zero-order valence-electron chi connectivity index (χ0n) is 17.6. The fourth-order valence-corrected chi connectivity index (χ4v) is 5.64. The quantitative estimate of drug-likeness (QED) is 0.217. The molecular weight excluding hydrogens is 535 g/mol. The Bertz CT molecular complexity index is 989. The molecule has 0 bridgehead atoms. The van der Waals surface area contributed by atoms with E-state index in [-0.39, 0.29) is 42.2 Å². The van der Waals surface area contributed by atoms with Crippen molar-refractivity contribution in [2.75, 3.05) is 20.1 Å². The third kappa shape index (κ3) is 6.32. The molecule has 3 rings (SSSR count). The summed E-state index contributed by atoms with van der Waals surface area (Å²) in [4.78, 5) is 5.24. The van der Waals surface area contributed by atoms with Crippen LogP contribution in [0.15, 0.2) is 45.6 Å². The first-order valence-electron chi connectivity index (χ1n) is 9.51. The Hall–Kier alpha value is -1.37. The summed E-state index contributed by atoms with van der Waals surface area (Å²) in [5.41, 5.74) is 0.794. The summed E-state index contributed by atoms with van der Waals surface area (Å²) in [6.07, 6.45) is 0.787. The van der Waals surface area contributed by atoms with Crippen molar-refractivity contribution in [1.29, 1.82) is 0 Å². The molecule has 166 valence electrons. The average Bonchev–Trinajstić information content (AvgIpc) is 3.10. The number of sulfonamides is 1. The highest BCUT2D eigenvalue weighted by molar-refractivity contribution is 14.0. The number of ether oxygens (including phenoxy) is 1. The van der Waals surface area contributed by atoms with E-state index in [1.807, 2.05) is 31.2 Å². The highest BCUT2D eigenvalue weighted by Crippen LogP contribution is 2.39. The van der Waals surface area contributed by atoms with Gasteiger partial charge in [0.1, 0.15) is 15.6 Å². The minimum absolute atomic E-state index is 0. The maximum absolute atomic E-state index is 12.3. The van der Waals surface area contributed by atoms with Gasteiger partial charge in [-0.05, 0) is 39.0 Å². The summed E-state index contributed by atoms with van der Waals surface area (Å²) >= 11 is 1.26. The van der Waals surface area contributed by atoms with Crippen LogP contribution in [-0.4, -0.2) is 40.1 Å². The van der Waals surface area contributed by atoms with Crippen molar-refractivity contribution in [2.45, 2.75) is 43.0 Å². The summed E-state index contributed by atoms with van der Waals surface area (Å²) in [6, 6.07) is 11.5. The van der Waals surface area contributed by atoms with Gasteiger partial charge >= 0.3 is 0 Å². The van der Waals surface area contributed by atoms with Crippen molar-refractivity contribution in [3.8, 4) is 5.75 Å². The van der Waals surface area contributed by atoms with Crippen molar-refractivity contribution in [3.63, 3.8) is 0 Å². The number of aliphatic imine (C=N–C) groups is 1. The number of hydrogen-bond donors (Lipinski definition) is 3. The molecule has 1 aliphatic heterocycles. The van der Waals surface area contributed by atoms with Crippen LogP contribution in [0, 0.1) is 6.92 Å². The molecule has 1 unspecified atom stereocenters. The van der Waals surface area contributed by atoms with Gasteiger partial charge in [0, 0.05) is 37.0 Å². The van der Waals surface area contributed by atoms with E-state index in [0.29, 0.717) is 16.7 Å². The first kappa shape index (κ1) is 24.9. The van der Waals surface area contributed by atoms with E-state index in [9.17, 15) is 8.42 Å². The number of fused-ring (bicyclic) bond motifs is 1. The van der Waals surface area contributed by atoms with Gasteiger partial charge in [0.2, 0.25) is 10.0 Å². The van der Waals surface area contributed by atoms with E-state index in [1.165, 1.54) is 11.3 Å². The smallest absolute Gasteiger partial charge is 0.250 e. The SMILES string of the molecule is CN=C(NCCNS(=O)(=O)c1ccc(C)s1)NC1CC(C)(C)Oc2ccccc21.I. The number of guanidine groups is 1. The second-order valence-corrected chi connectivity index (χ2v) is 10.8. The third-order valence-electron chi connectivity index (χ3n) is 4.60. The molecule has 3 N–H and O–H groups in total. The van der Waals surface area contributed by atoms with Gasteiger partial charge in [-0.15, -0.1) is 35.3 Å². The monoisotopic (exact) mass is 564 g/mol. The molecule has 10 heteroatoms. The van der Waals surface area contributed by atoms with Crippen molar-refractivity contribution >= 4 is 51.3 Å². The molecule has 0 spiro atoms. The van der Waals surface area contributed by atoms with E-state index in [4.69, 9.17) is 4.74 Å². The van der Waals surface area contributed by atoms with Gasteiger partial charge in [0.25, 0.3) is 0 Å². The van der Waals surface area contributed by atoms with Crippen LogP contribution in [0.3, 0.4) is 0 Å². The first-order chi connectivity index (χ1) is 13.7. The van der Waals surface area contributed by atoms with Crippen LogP contribution < -0.4 is 20.1 Å². The third-order valence-corrected chi connectivity index (χ3v) is 7.55. The molecule has 0 saturated heterocycles. The van der Waals surface area contributed by atoms with Crippen LogP contribution in [0.5, 0.6) is 5.75 Å². The van der Waals surface area contributed by atoms with E-state index in [2.05, 4.69) is 34.2 Å². The predicted octanol–water partition coefficient (Wildman–Crippen LogP) is 3.42. The zero-order chi connectivity index (χ0) is 21.1. The number of rotatable bonds is 6. The van der Waals surface area contributed by atoms with Crippen LogP contribution in [-0.2, 0) is 10.0 Å². The summed E-state index contributed by atoms with van der Waals surface area (Å²) in [5.74, 6) is 1.49. The minimum atomic E-state index is -3.47. The van der Waals surface area contributed by atoms with Crippen molar-refractivity contribution in [2.24, 2.45) is 4.99 Å². The van der Waals surface area contributed by atoms with Crippen molar-refractivity contribution in [3.05, 3.63) is 46.8 Å². The normalized spacial score (nSPS) is 18.0. The molecule has 1 aromatic carbocycles. The lowest BCUT2D eigenvalue weighted by atomic mass is 9.90. The van der Waals surface area contributed by atoms with Gasteiger partial charge in [0.15, 0.2) is 5.96 Å². The average molecular weight is 565 g/mol. The summed E-state index contributed by atoms with van der Waals surface area (Å²) in [6.45, 7) is 6.69. The maximum atomic E-state index is 12.3. The van der Waals surface area contributed by atoms with E-state index >= 15 is 0 Å². The Kier molecular flexibility index (Phi) is 8.54. The summed E-state index contributed by atoms with van der Waals surface area (Å²) in [5, 5.41) is 6.61. The Morgan fingerprint density at radius 1 is 1.23 bits per heavy atom. The lowest BCUT2D eigenvalue weighted by Gasteiger charge is -2.38. The van der Waals surface area contributed by atoms with Gasteiger partial charge in [-0.25, -0.2) is 13.1 Å².